The summed E-state index contributed by atoms with van der Waals surface area (Å²) in [6, 6.07) is 8.66. The zero-order valence-electron chi connectivity index (χ0n) is 20.2. The van der Waals surface area contributed by atoms with Crippen LogP contribution < -0.4 is 9.47 Å². The number of pyridine rings is 1. The summed E-state index contributed by atoms with van der Waals surface area (Å²) in [5.74, 6) is 6.56. The second-order valence-corrected chi connectivity index (χ2v) is 8.58. The number of nitrogens with zero attached hydrogens (tertiary/aromatic N) is 3. The van der Waals surface area contributed by atoms with Crippen molar-refractivity contribution in [1.29, 1.82) is 0 Å². The molecule has 1 N–H and O–H groups in total. The monoisotopic (exact) mass is 465 g/mol. The standard InChI is InChI=1S/C26H31N3O5/c1-17-14-29(18(2)16-30)26(32)23-12-21(10-9-20-7-6-8-22(11-20)33-5)13-27-25(23)34-24(17)15-28(4)19(3)31/h6-8,11-13,17-18,24,30H,14-16H2,1-5H3/t17-,18-,24+/m0/s1. The summed E-state index contributed by atoms with van der Waals surface area (Å²) in [4.78, 5) is 32.9. The fourth-order valence-electron chi connectivity index (χ4n) is 3.63. The second-order valence-electron chi connectivity index (χ2n) is 8.58. The van der Waals surface area contributed by atoms with E-state index in [1.165, 1.54) is 6.92 Å². The molecule has 3 atom stereocenters. The first-order valence-corrected chi connectivity index (χ1v) is 11.2. The van der Waals surface area contributed by atoms with Gasteiger partial charge in [-0.05, 0) is 31.2 Å². The Kier molecular flexibility index (Phi) is 8.13. The molecule has 0 fully saturated rings. The van der Waals surface area contributed by atoms with Gasteiger partial charge < -0.3 is 24.4 Å². The van der Waals surface area contributed by atoms with E-state index in [1.54, 1.807) is 43.1 Å². The zero-order chi connectivity index (χ0) is 24.8. The summed E-state index contributed by atoms with van der Waals surface area (Å²) in [6.07, 6.45) is 1.19. The fourth-order valence-corrected chi connectivity index (χ4v) is 3.63. The number of hydrogen-bond donors (Lipinski definition) is 1. The molecule has 0 aliphatic carbocycles. The van der Waals surface area contributed by atoms with Gasteiger partial charge in [-0.1, -0.05) is 24.8 Å². The summed E-state index contributed by atoms with van der Waals surface area (Å²) in [6.45, 7) is 5.80. The van der Waals surface area contributed by atoms with Gasteiger partial charge in [-0.15, -0.1) is 0 Å². The van der Waals surface area contributed by atoms with Gasteiger partial charge in [-0.25, -0.2) is 4.98 Å². The molecule has 0 spiro atoms. The molecule has 1 aliphatic heterocycles. The van der Waals surface area contributed by atoms with Crippen LogP contribution >= 0.6 is 0 Å². The maximum Gasteiger partial charge on any atom is 0.259 e. The molecule has 2 aromatic rings. The Balaban J connectivity index is 2.00. The fraction of sp³-hybridized carbons (Fsp3) is 0.423. The Bertz CT molecular complexity index is 1110. The number of carbonyl (C=O) groups is 2. The van der Waals surface area contributed by atoms with Crippen LogP contribution in [0.25, 0.3) is 0 Å². The molecule has 8 nitrogen and oxygen atoms in total. The molecule has 3 rings (SSSR count). The normalized spacial score (nSPS) is 18.4. The first-order valence-electron chi connectivity index (χ1n) is 11.2. The minimum absolute atomic E-state index is 0.0779. The third kappa shape index (κ3) is 5.86. The Labute approximate surface area is 200 Å². The highest BCUT2D eigenvalue weighted by atomic mass is 16.5. The van der Waals surface area contributed by atoms with Crippen LogP contribution in [0.1, 0.15) is 42.3 Å². The van der Waals surface area contributed by atoms with Gasteiger partial charge in [0.1, 0.15) is 17.4 Å². The largest absolute Gasteiger partial charge is 0.497 e. The van der Waals surface area contributed by atoms with Crippen LogP contribution in [-0.2, 0) is 4.79 Å². The van der Waals surface area contributed by atoms with Crippen LogP contribution in [0.5, 0.6) is 11.6 Å². The lowest BCUT2D eigenvalue weighted by molar-refractivity contribution is -0.129. The number of methoxy groups -OCH3 is 1. The first kappa shape index (κ1) is 25.1. The molecule has 8 heteroatoms. The molecule has 0 saturated heterocycles. The van der Waals surface area contributed by atoms with Crippen LogP contribution in [0, 0.1) is 17.8 Å². The van der Waals surface area contributed by atoms with Gasteiger partial charge >= 0.3 is 0 Å². The summed E-state index contributed by atoms with van der Waals surface area (Å²) < 4.78 is 11.4. The topological polar surface area (TPSA) is 92.2 Å². The number of ether oxygens (including phenoxy) is 2. The molecule has 2 amide bonds. The third-order valence-corrected chi connectivity index (χ3v) is 5.93. The van der Waals surface area contributed by atoms with Crippen molar-refractivity contribution < 1.29 is 24.2 Å². The van der Waals surface area contributed by atoms with E-state index >= 15 is 0 Å². The Hall–Kier alpha value is -3.57. The van der Waals surface area contributed by atoms with Crippen LogP contribution in [-0.4, -0.2) is 77.7 Å². The van der Waals surface area contributed by atoms with E-state index in [0.717, 1.165) is 5.56 Å². The number of amides is 2. The third-order valence-electron chi connectivity index (χ3n) is 5.93. The molecule has 0 saturated carbocycles. The molecule has 0 radical (unpaired) electrons. The lowest BCUT2D eigenvalue weighted by Crippen LogP contribution is -2.50. The number of benzene rings is 1. The summed E-state index contributed by atoms with van der Waals surface area (Å²) in [7, 11) is 3.31. The van der Waals surface area contributed by atoms with E-state index in [1.807, 2.05) is 31.2 Å². The van der Waals surface area contributed by atoms with Gasteiger partial charge in [0, 0.05) is 43.8 Å². The molecule has 1 aliphatic rings. The molecule has 34 heavy (non-hydrogen) atoms. The van der Waals surface area contributed by atoms with E-state index in [2.05, 4.69) is 16.8 Å². The minimum atomic E-state index is -0.390. The van der Waals surface area contributed by atoms with Crippen molar-refractivity contribution >= 4 is 11.8 Å². The van der Waals surface area contributed by atoms with Crippen LogP contribution in [0.4, 0.5) is 0 Å². The predicted molar refractivity (Wildman–Crippen MR) is 128 cm³/mol. The van der Waals surface area contributed by atoms with Crippen molar-refractivity contribution in [3.8, 4) is 23.5 Å². The Morgan fingerprint density at radius 3 is 2.76 bits per heavy atom. The molecular weight excluding hydrogens is 434 g/mol. The second kappa shape index (κ2) is 11.0. The SMILES string of the molecule is COc1cccc(C#Cc2cnc3c(c2)C(=O)N([C@@H](C)CO)C[C@H](C)[C@@H](CN(C)C(C)=O)O3)c1. The summed E-state index contributed by atoms with van der Waals surface area (Å²) in [5, 5.41) is 9.77. The molecule has 0 bridgehead atoms. The Morgan fingerprint density at radius 1 is 1.35 bits per heavy atom. The van der Waals surface area contributed by atoms with Crippen molar-refractivity contribution in [2.24, 2.45) is 5.92 Å². The van der Waals surface area contributed by atoms with Crippen molar-refractivity contribution in [1.82, 2.24) is 14.8 Å². The van der Waals surface area contributed by atoms with Gasteiger partial charge in [-0.3, -0.25) is 9.59 Å². The first-order chi connectivity index (χ1) is 16.2. The molecule has 2 heterocycles. The lowest BCUT2D eigenvalue weighted by atomic mass is 10.00. The van der Waals surface area contributed by atoms with Crippen LogP contribution in [0.2, 0.25) is 0 Å². The van der Waals surface area contributed by atoms with Gasteiger partial charge in [-0.2, -0.15) is 0 Å². The number of aromatic nitrogens is 1. The maximum absolute atomic E-state index is 13.4. The number of aliphatic hydroxyl groups excluding tert-OH is 1. The van der Waals surface area contributed by atoms with E-state index in [0.29, 0.717) is 24.4 Å². The number of fused-ring (bicyclic) bond motifs is 1. The average Bonchev–Trinajstić information content (AvgIpc) is 2.84. The highest BCUT2D eigenvalue weighted by Gasteiger charge is 2.34. The molecule has 0 unspecified atom stereocenters. The zero-order valence-corrected chi connectivity index (χ0v) is 20.2. The molecular formula is C26H31N3O5. The molecule has 1 aromatic carbocycles. The van der Waals surface area contributed by atoms with Crippen molar-refractivity contribution in [3.63, 3.8) is 0 Å². The van der Waals surface area contributed by atoms with Crippen LogP contribution in [0.15, 0.2) is 36.5 Å². The predicted octanol–water partition coefficient (Wildman–Crippen LogP) is 2.19. The summed E-state index contributed by atoms with van der Waals surface area (Å²) in [5.41, 5.74) is 1.60. The lowest BCUT2D eigenvalue weighted by Gasteiger charge is -2.37. The average molecular weight is 466 g/mol. The Morgan fingerprint density at radius 2 is 2.09 bits per heavy atom. The number of likely N-dealkylation sites (N-methyl/N-ethyl adjacent to an activating group) is 1. The quantitative estimate of drug-likeness (QED) is 0.681. The van der Waals surface area contributed by atoms with Gasteiger partial charge in [0.15, 0.2) is 0 Å². The van der Waals surface area contributed by atoms with Gasteiger partial charge in [0.05, 0.1) is 26.3 Å². The number of aliphatic hydroxyl groups is 1. The number of rotatable bonds is 5. The van der Waals surface area contributed by atoms with Crippen LogP contribution in [0.3, 0.4) is 0 Å². The van der Waals surface area contributed by atoms with Gasteiger partial charge in [0.2, 0.25) is 11.8 Å². The maximum atomic E-state index is 13.4. The highest BCUT2D eigenvalue weighted by Crippen LogP contribution is 2.27. The van der Waals surface area contributed by atoms with Crippen molar-refractivity contribution in [2.75, 3.05) is 33.9 Å². The summed E-state index contributed by atoms with van der Waals surface area (Å²) >= 11 is 0. The number of hydrogen-bond acceptors (Lipinski definition) is 6. The van der Waals surface area contributed by atoms with Gasteiger partial charge in [0.25, 0.3) is 5.91 Å². The van der Waals surface area contributed by atoms with E-state index in [-0.39, 0.29) is 41.9 Å². The molecule has 1 aromatic heterocycles. The van der Waals surface area contributed by atoms with Crippen molar-refractivity contribution in [2.45, 2.75) is 32.9 Å². The minimum Gasteiger partial charge on any atom is -0.497 e. The number of carbonyl (C=O) groups excluding carboxylic acids is 2. The van der Waals surface area contributed by atoms with E-state index in [9.17, 15) is 14.7 Å². The van der Waals surface area contributed by atoms with E-state index in [4.69, 9.17) is 9.47 Å². The van der Waals surface area contributed by atoms with E-state index < -0.39 is 6.04 Å². The van der Waals surface area contributed by atoms with Crippen molar-refractivity contribution in [3.05, 3.63) is 53.2 Å². The highest BCUT2D eigenvalue weighted by molar-refractivity contribution is 5.97. The smallest absolute Gasteiger partial charge is 0.259 e. The molecule has 180 valence electrons.